The molecule has 16 heavy (non-hydrogen) atoms. The van der Waals surface area contributed by atoms with Crippen LogP contribution in [0.1, 0.15) is 12.0 Å². The summed E-state index contributed by atoms with van der Waals surface area (Å²) in [5.41, 5.74) is 1.33. The average Bonchev–Trinajstić information content (AvgIpc) is 2.80. The van der Waals surface area contributed by atoms with Crippen LogP contribution in [0.25, 0.3) is 5.69 Å². The van der Waals surface area contributed by atoms with Gasteiger partial charge in [-0.25, -0.2) is 9.07 Å². The lowest BCUT2D eigenvalue weighted by molar-refractivity contribution is 0.288. The fraction of sp³-hybridized carbons (Fsp3) is 0.250. The third kappa shape index (κ3) is 2.28. The third-order valence-electron chi connectivity index (χ3n) is 2.39. The van der Waals surface area contributed by atoms with Gasteiger partial charge in [0.15, 0.2) is 0 Å². The van der Waals surface area contributed by atoms with Crippen LogP contribution in [0.15, 0.2) is 36.7 Å². The van der Waals surface area contributed by atoms with Crippen molar-refractivity contribution in [2.24, 2.45) is 0 Å². The molecule has 0 saturated carbocycles. The van der Waals surface area contributed by atoms with Crippen LogP contribution < -0.4 is 0 Å². The summed E-state index contributed by atoms with van der Waals surface area (Å²) in [5.74, 6) is -0.292. The minimum Gasteiger partial charge on any atom is -0.396 e. The second kappa shape index (κ2) is 4.90. The molecule has 1 N–H and O–H groups in total. The fourth-order valence-electron chi connectivity index (χ4n) is 1.59. The van der Waals surface area contributed by atoms with Gasteiger partial charge in [-0.15, -0.1) is 0 Å². The summed E-state index contributed by atoms with van der Waals surface area (Å²) >= 11 is 0. The molecule has 0 radical (unpaired) electrons. The molecule has 0 unspecified atom stereocenters. The van der Waals surface area contributed by atoms with Gasteiger partial charge in [-0.2, -0.15) is 5.10 Å². The highest BCUT2D eigenvalue weighted by atomic mass is 19.1. The van der Waals surface area contributed by atoms with Crippen molar-refractivity contribution < 1.29 is 9.50 Å². The molecule has 0 bridgehead atoms. The molecule has 0 aliphatic rings. The van der Waals surface area contributed by atoms with Crippen LogP contribution in [0.3, 0.4) is 0 Å². The molecule has 1 aromatic carbocycles. The van der Waals surface area contributed by atoms with E-state index in [-0.39, 0.29) is 12.4 Å². The van der Waals surface area contributed by atoms with Crippen molar-refractivity contribution in [2.45, 2.75) is 12.8 Å². The molecule has 84 valence electrons. The number of halogens is 1. The molecule has 0 aliphatic carbocycles. The van der Waals surface area contributed by atoms with Gasteiger partial charge in [-0.3, -0.25) is 0 Å². The van der Waals surface area contributed by atoms with Crippen molar-refractivity contribution in [1.29, 1.82) is 0 Å². The van der Waals surface area contributed by atoms with Gasteiger partial charge in [0, 0.05) is 19.0 Å². The molecule has 1 aromatic heterocycles. The van der Waals surface area contributed by atoms with Crippen LogP contribution in [0, 0.1) is 5.82 Å². The first-order chi connectivity index (χ1) is 7.81. The Hall–Kier alpha value is -1.68. The number of rotatable bonds is 4. The zero-order valence-corrected chi connectivity index (χ0v) is 8.81. The van der Waals surface area contributed by atoms with E-state index in [1.165, 1.54) is 10.7 Å². The van der Waals surface area contributed by atoms with Crippen molar-refractivity contribution in [2.75, 3.05) is 6.61 Å². The van der Waals surface area contributed by atoms with E-state index in [9.17, 15) is 4.39 Å². The topological polar surface area (TPSA) is 38.0 Å². The van der Waals surface area contributed by atoms with Crippen molar-refractivity contribution in [1.82, 2.24) is 9.78 Å². The number of aryl methyl sites for hydroxylation is 1. The average molecular weight is 220 g/mol. The van der Waals surface area contributed by atoms with Gasteiger partial charge in [-0.05, 0) is 36.6 Å². The Bertz CT molecular complexity index is 454. The minimum absolute atomic E-state index is 0.128. The number of aromatic nitrogens is 2. The first kappa shape index (κ1) is 10.8. The minimum atomic E-state index is -0.292. The highest BCUT2D eigenvalue weighted by Crippen LogP contribution is 2.15. The number of benzene rings is 1. The van der Waals surface area contributed by atoms with Gasteiger partial charge in [-0.1, -0.05) is 6.07 Å². The van der Waals surface area contributed by atoms with Crippen LogP contribution in [0.2, 0.25) is 0 Å². The van der Waals surface area contributed by atoms with Gasteiger partial charge >= 0.3 is 0 Å². The summed E-state index contributed by atoms with van der Waals surface area (Å²) in [6.45, 7) is 0.128. The predicted octanol–water partition coefficient (Wildman–Crippen LogP) is 1.94. The molecule has 3 nitrogen and oxygen atoms in total. The molecule has 0 saturated heterocycles. The molecule has 2 rings (SSSR count). The number of hydrogen-bond acceptors (Lipinski definition) is 2. The SMILES string of the molecule is OCCCc1ccc(-n2cccn2)c(F)c1. The van der Waals surface area contributed by atoms with E-state index in [1.807, 2.05) is 6.07 Å². The van der Waals surface area contributed by atoms with Gasteiger partial charge < -0.3 is 5.11 Å². The molecule has 0 atom stereocenters. The normalized spacial score (nSPS) is 10.6. The largest absolute Gasteiger partial charge is 0.396 e. The highest BCUT2D eigenvalue weighted by molar-refractivity contribution is 5.35. The maximum atomic E-state index is 13.7. The maximum absolute atomic E-state index is 13.7. The summed E-state index contributed by atoms with van der Waals surface area (Å²) in [4.78, 5) is 0. The summed E-state index contributed by atoms with van der Waals surface area (Å²) in [5, 5.41) is 12.7. The van der Waals surface area contributed by atoms with Crippen LogP contribution >= 0.6 is 0 Å². The zero-order chi connectivity index (χ0) is 11.4. The summed E-state index contributed by atoms with van der Waals surface area (Å²) in [7, 11) is 0. The zero-order valence-electron chi connectivity index (χ0n) is 8.81. The Morgan fingerprint density at radius 3 is 2.88 bits per heavy atom. The first-order valence-corrected chi connectivity index (χ1v) is 5.20. The predicted molar refractivity (Wildman–Crippen MR) is 58.9 cm³/mol. The van der Waals surface area contributed by atoms with E-state index < -0.39 is 0 Å². The van der Waals surface area contributed by atoms with Crippen molar-refractivity contribution >= 4 is 0 Å². The van der Waals surface area contributed by atoms with Crippen molar-refractivity contribution in [3.8, 4) is 5.69 Å². The molecule has 0 fully saturated rings. The fourth-order valence-corrected chi connectivity index (χ4v) is 1.59. The summed E-state index contributed by atoms with van der Waals surface area (Å²) < 4.78 is 15.2. The summed E-state index contributed by atoms with van der Waals surface area (Å²) in [6.07, 6.45) is 4.65. The van der Waals surface area contributed by atoms with Crippen molar-refractivity contribution in [3.63, 3.8) is 0 Å². The van der Waals surface area contributed by atoms with E-state index in [4.69, 9.17) is 5.11 Å². The van der Waals surface area contributed by atoms with Crippen molar-refractivity contribution in [3.05, 3.63) is 48.0 Å². The maximum Gasteiger partial charge on any atom is 0.149 e. The lowest BCUT2D eigenvalue weighted by atomic mass is 10.1. The molecule has 0 spiro atoms. The van der Waals surface area contributed by atoms with Crippen LogP contribution in [-0.4, -0.2) is 21.5 Å². The van der Waals surface area contributed by atoms with E-state index in [0.29, 0.717) is 18.5 Å². The highest BCUT2D eigenvalue weighted by Gasteiger charge is 2.05. The van der Waals surface area contributed by atoms with Gasteiger partial charge in [0.05, 0.1) is 0 Å². The van der Waals surface area contributed by atoms with Gasteiger partial charge in [0.25, 0.3) is 0 Å². The van der Waals surface area contributed by atoms with E-state index in [0.717, 1.165) is 5.56 Å². The number of aliphatic hydroxyl groups is 1. The Morgan fingerprint density at radius 2 is 2.25 bits per heavy atom. The number of aliphatic hydroxyl groups excluding tert-OH is 1. The van der Waals surface area contributed by atoms with E-state index in [1.54, 1.807) is 24.5 Å². The Balaban J connectivity index is 2.23. The second-order valence-corrected chi connectivity index (χ2v) is 3.56. The number of nitrogens with zero attached hydrogens (tertiary/aromatic N) is 2. The van der Waals surface area contributed by atoms with E-state index >= 15 is 0 Å². The Kier molecular flexibility index (Phi) is 3.31. The van der Waals surface area contributed by atoms with Crippen LogP contribution in [0.5, 0.6) is 0 Å². The van der Waals surface area contributed by atoms with Gasteiger partial charge in [0.1, 0.15) is 11.5 Å². The molecule has 2 aromatic rings. The standard InChI is InChI=1S/C12H13FN2O/c13-11-9-10(3-1-8-16)4-5-12(11)15-7-2-6-14-15/h2,4-7,9,16H,1,3,8H2. The Morgan fingerprint density at radius 1 is 1.38 bits per heavy atom. The molecular formula is C12H13FN2O. The van der Waals surface area contributed by atoms with Gasteiger partial charge in [0.2, 0.25) is 0 Å². The monoisotopic (exact) mass is 220 g/mol. The van der Waals surface area contributed by atoms with Crippen LogP contribution in [-0.2, 0) is 6.42 Å². The van der Waals surface area contributed by atoms with Crippen LogP contribution in [0.4, 0.5) is 4.39 Å². The quantitative estimate of drug-likeness (QED) is 0.855. The molecular weight excluding hydrogens is 207 g/mol. The summed E-state index contributed by atoms with van der Waals surface area (Å²) in [6, 6.07) is 6.80. The molecule has 1 heterocycles. The third-order valence-corrected chi connectivity index (χ3v) is 2.39. The molecule has 4 heteroatoms. The Labute approximate surface area is 93.2 Å². The smallest absolute Gasteiger partial charge is 0.149 e. The van der Waals surface area contributed by atoms with E-state index in [2.05, 4.69) is 5.10 Å². The molecule has 0 aliphatic heterocycles. The lowest BCUT2D eigenvalue weighted by Crippen LogP contribution is -1.99. The second-order valence-electron chi connectivity index (χ2n) is 3.56. The molecule has 0 amide bonds. The number of hydrogen-bond donors (Lipinski definition) is 1. The first-order valence-electron chi connectivity index (χ1n) is 5.20. The lowest BCUT2D eigenvalue weighted by Gasteiger charge is -2.05.